The van der Waals surface area contributed by atoms with Gasteiger partial charge in [0.2, 0.25) is 11.8 Å². The Bertz CT molecular complexity index is 959. The van der Waals surface area contributed by atoms with E-state index in [1.54, 1.807) is 6.07 Å². The van der Waals surface area contributed by atoms with Gasteiger partial charge in [-0.2, -0.15) is 0 Å². The molecule has 0 bridgehead atoms. The van der Waals surface area contributed by atoms with Crippen molar-refractivity contribution in [3.05, 3.63) is 35.5 Å². The molecule has 1 aliphatic rings. The van der Waals surface area contributed by atoms with E-state index in [1.807, 2.05) is 45.9 Å². The van der Waals surface area contributed by atoms with Crippen LogP contribution in [0.5, 0.6) is 0 Å². The topological polar surface area (TPSA) is 129 Å². The molecule has 30 heavy (non-hydrogen) atoms. The minimum atomic E-state index is -0.791. The molecule has 0 saturated carbocycles. The normalized spacial score (nSPS) is 18.7. The predicted octanol–water partition coefficient (Wildman–Crippen LogP) is 1.55. The lowest BCUT2D eigenvalue weighted by atomic mass is 9.85. The fourth-order valence-corrected chi connectivity index (χ4v) is 3.81. The lowest BCUT2D eigenvalue weighted by Gasteiger charge is -2.31. The predicted molar refractivity (Wildman–Crippen MR) is 116 cm³/mol. The van der Waals surface area contributed by atoms with Crippen molar-refractivity contribution < 1.29 is 14.4 Å². The molecule has 0 radical (unpaired) electrons. The van der Waals surface area contributed by atoms with E-state index in [9.17, 15) is 14.4 Å². The summed E-state index contributed by atoms with van der Waals surface area (Å²) in [7, 11) is 0. The lowest BCUT2D eigenvalue weighted by Crippen LogP contribution is -2.57. The Morgan fingerprint density at radius 3 is 2.60 bits per heavy atom. The first-order chi connectivity index (χ1) is 14.1. The highest BCUT2D eigenvalue weighted by atomic mass is 16.2. The zero-order chi connectivity index (χ0) is 22.1. The summed E-state index contributed by atoms with van der Waals surface area (Å²) in [5.74, 6) is -0.953. The second-order valence-electron chi connectivity index (χ2n) is 9.12. The number of rotatable bonds is 6. The van der Waals surface area contributed by atoms with Gasteiger partial charge in [0.25, 0.3) is 5.91 Å². The van der Waals surface area contributed by atoms with E-state index in [0.29, 0.717) is 25.1 Å². The van der Waals surface area contributed by atoms with Gasteiger partial charge < -0.3 is 26.7 Å². The summed E-state index contributed by atoms with van der Waals surface area (Å²) in [4.78, 5) is 40.7. The number of amides is 3. The van der Waals surface area contributed by atoms with Crippen molar-refractivity contribution in [2.45, 2.75) is 52.7 Å². The van der Waals surface area contributed by atoms with Crippen LogP contribution in [-0.4, -0.2) is 41.5 Å². The SMILES string of the molecule is Cc1cccc2[nH]c(C(=O)N[C@H](C(=O)N[C@H](N)C[C@@H]3CCNC3=O)C(C)(C)C)cc12. The van der Waals surface area contributed by atoms with Gasteiger partial charge in [0.15, 0.2) is 0 Å². The second kappa shape index (κ2) is 8.47. The Morgan fingerprint density at radius 2 is 2.00 bits per heavy atom. The molecule has 6 N–H and O–H groups in total. The molecule has 8 heteroatoms. The van der Waals surface area contributed by atoms with Crippen LogP contribution in [0, 0.1) is 18.3 Å². The Labute approximate surface area is 176 Å². The van der Waals surface area contributed by atoms with Crippen LogP contribution >= 0.6 is 0 Å². The molecular weight excluding hydrogens is 382 g/mol. The summed E-state index contributed by atoms with van der Waals surface area (Å²) in [5, 5.41) is 9.34. The molecule has 162 valence electrons. The van der Waals surface area contributed by atoms with Gasteiger partial charge in [0.05, 0.1) is 6.17 Å². The number of nitrogens with two attached hydrogens (primary N) is 1. The average molecular weight is 414 g/mol. The van der Waals surface area contributed by atoms with Crippen LogP contribution in [0.15, 0.2) is 24.3 Å². The van der Waals surface area contributed by atoms with Crippen LogP contribution < -0.4 is 21.7 Å². The van der Waals surface area contributed by atoms with E-state index in [1.165, 1.54) is 0 Å². The molecule has 3 amide bonds. The van der Waals surface area contributed by atoms with Crippen molar-refractivity contribution in [2.24, 2.45) is 17.1 Å². The lowest BCUT2D eigenvalue weighted by molar-refractivity contribution is -0.127. The van der Waals surface area contributed by atoms with E-state index >= 15 is 0 Å². The molecule has 3 atom stereocenters. The van der Waals surface area contributed by atoms with Gasteiger partial charge in [-0.25, -0.2) is 0 Å². The van der Waals surface area contributed by atoms with Gasteiger partial charge in [-0.3, -0.25) is 14.4 Å². The molecule has 8 nitrogen and oxygen atoms in total. The molecule has 1 saturated heterocycles. The number of benzene rings is 1. The molecule has 2 aromatic rings. The number of nitrogens with one attached hydrogen (secondary N) is 4. The first-order valence-corrected chi connectivity index (χ1v) is 10.3. The number of aromatic nitrogens is 1. The Kier molecular flexibility index (Phi) is 6.17. The Balaban J connectivity index is 1.70. The van der Waals surface area contributed by atoms with Crippen LogP contribution in [0.4, 0.5) is 0 Å². The summed E-state index contributed by atoms with van der Waals surface area (Å²) < 4.78 is 0. The minimum absolute atomic E-state index is 0.0329. The first-order valence-electron chi connectivity index (χ1n) is 10.3. The van der Waals surface area contributed by atoms with Gasteiger partial charge in [-0.05, 0) is 42.9 Å². The second-order valence-corrected chi connectivity index (χ2v) is 9.12. The van der Waals surface area contributed by atoms with Crippen LogP contribution in [-0.2, 0) is 9.59 Å². The number of hydrogen-bond acceptors (Lipinski definition) is 4. The molecule has 1 aromatic heterocycles. The maximum absolute atomic E-state index is 12.9. The van der Waals surface area contributed by atoms with Crippen molar-refractivity contribution in [3.8, 4) is 0 Å². The van der Waals surface area contributed by atoms with Crippen molar-refractivity contribution in [1.82, 2.24) is 20.9 Å². The van der Waals surface area contributed by atoms with E-state index < -0.39 is 17.6 Å². The molecule has 1 aromatic carbocycles. The highest BCUT2D eigenvalue weighted by Gasteiger charge is 2.35. The standard InChI is InChI=1S/C22H31N5O3/c1-12-6-5-7-15-14(12)11-16(25-15)20(29)27-18(22(2,3)4)21(30)26-17(23)10-13-8-9-24-19(13)28/h5-7,11,13,17-18,25H,8-10,23H2,1-4H3,(H,24,28)(H,26,30)(H,27,29)/t13-,17-,18+/m0/s1. The smallest absolute Gasteiger partial charge is 0.268 e. The van der Waals surface area contributed by atoms with Gasteiger partial charge in [0.1, 0.15) is 11.7 Å². The van der Waals surface area contributed by atoms with E-state index in [2.05, 4.69) is 20.9 Å². The van der Waals surface area contributed by atoms with E-state index in [0.717, 1.165) is 16.5 Å². The minimum Gasteiger partial charge on any atom is -0.356 e. The molecular formula is C22H31N5O3. The number of H-pyrrole nitrogens is 1. The highest BCUT2D eigenvalue weighted by molar-refractivity contribution is 6.01. The molecule has 0 spiro atoms. The monoisotopic (exact) mass is 413 g/mol. The zero-order valence-corrected chi connectivity index (χ0v) is 18.0. The highest BCUT2D eigenvalue weighted by Crippen LogP contribution is 2.23. The largest absolute Gasteiger partial charge is 0.356 e. The van der Waals surface area contributed by atoms with E-state index in [4.69, 9.17) is 5.73 Å². The third-order valence-electron chi connectivity index (χ3n) is 5.56. The number of carbonyl (C=O) groups is 3. The Hall–Kier alpha value is -2.87. The number of aryl methyl sites for hydroxylation is 1. The van der Waals surface area contributed by atoms with E-state index in [-0.39, 0.29) is 23.6 Å². The number of fused-ring (bicyclic) bond motifs is 1. The fourth-order valence-electron chi connectivity index (χ4n) is 3.81. The summed E-state index contributed by atoms with van der Waals surface area (Å²) in [6.07, 6.45) is 0.412. The molecule has 1 aliphatic heterocycles. The third kappa shape index (κ3) is 4.81. The van der Waals surface area contributed by atoms with Crippen molar-refractivity contribution >= 4 is 28.6 Å². The summed E-state index contributed by atoms with van der Waals surface area (Å²) in [6, 6.07) is 6.82. The number of carbonyl (C=O) groups excluding carboxylic acids is 3. The molecule has 2 heterocycles. The maximum atomic E-state index is 12.9. The van der Waals surface area contributed by atoms with Crippen LogP contribution in [0.3, 0.4) is 0 Å². The van der Waals surface area contributed by atoms with Gasteiger partial charge in [0, 0.05) is 23.4 Å². The molecule has 3 rings (SSSR count). The summed E-state index contributed by atoms with van der Waals surface area (Å²) >= 11 is 0. The van der Waals surface area contributed by atoms with Crippen molar-refractivity contribution in [1.29, 1.82) is 0 Å². The van der Waals surface area contributed by atoms with Gasteiger partial charge >= 0.3 is 0 Å². The number of hydrogen-bond donors (Lipinski definition) is 5. The van der Waals surface area contributed by atoms with Crippen LogP contribution in [0.1, 0.15) is 49.7 Å². The summed E-state index contributed by atoms with van der Waals surface area (Å²) in [6.45, 7) is 8.25. The molecule has 0 aliphatic carbocycles. The summed E-state index contributed by atoms with van der Waals surface area (Å²) in [5.41, 5.74) is 7.87. The van der Waals surface area contributed by atoms with Crippen LogP contribution in [0.25, 0.3) is 10.9 Å². The van der Waals surface area contributed by atoms with Gasteiger partial charge in [-0.15, -0.1) is 0 Å². The zero-order valence-electron chi connectivity index (χ0n) is 18.0. The maximum Gasteiger partial charge on any atom is 0.268 e. The van der Waals surface area contributed by atoms with Crippen LogP contribution in [0.2, 0.25) is 0 Å². The third-order valence-corrected chi connectivity index (χ3v) is 5.56. The number of aromatic amines is 1. The van der Waals surface area contributed by atoms with Crippen molar-refractivity contribution in [2.75, 3.05) is 6.54 Å². The van der Waals surface area contributed by atoms with Gasteiger partial charge in [-0.1, -0.05) is 32.9 Å². The Morgan fingerprint density at radius 1 is 1.27 bits per heavy atom. The average Bonchev–Trinajstić information content (AvgIpc) is 3.25. The molecule has 0 unspecified atom stereocenters. The quantitative estimate of drug-likeness (QED) is 0.460. The first kappa shape index (κ1) is 21.8. The fraction of sp³-hybridized carbons (Fsp3) is 0.500. The molecule has 1 fully saturated rings. The van der Waals surface area contributed by atoms with Crippen molar-refractivity contribution in [3.63, 3.8) is 0 Å².